The molecule has 0 saturated carbocycles. The minimum Gasteiger partial charge on any atom is -0.508 e. The Bertz CT molecular complexity index is 1590. The van der Waals surface area contributed by atoms with Crippen LogP contribution in [0.2, 0.25) is 0 Å². The van der Waals surface area contributed by atoms with Crippen molar-refractivity contribution in [3.05, 3.63) is 102 Å². The molecule has 0 unspecified atom stereocenters. The van der Waals surface area contributed by atoms with E-state index in [2.05, 4.69) is 27.0 Å². The highest BCUT2D eigenvalue weighted by molar-refractivity contribution is 5.91. The molecule has 2 heterocycles. The Kier molecular flexibility index (Phi) is 10.7. The average molecular weight is 625 g/mol. The number of nitrogens with one attached hydrogen (secondary N) is 3. The van der Waals surface area contributed by atoms with Crippen molar-refractivity contribution in [3.8, 4) is 22.8 Å². The number of nitrogens with zero attached hydrogens (tertiary/aromatic N) is 3. The number of aromatic hydroxyl groups is 2. The Hall–Kier alpha value is -5.16. The van der Waals surface area contributed by atoms with Crippen LogP contribution in [0.25, 0.3) is 11.3 Å². The molecule has 1 aromatic heterocycles. The van der Waals surface area contributed by atoms with Gasteiger partial charge in [0.05, 0.1) is 18.8 Å². The molecule has 46 heavy (non-hydrogen) atoms. The van der Waals surface area contributed by atoms with Crippen LogP contribution >= 0.6 is 0 Å². The summed E-state index contributed by atoms with van der Waals surface area (Å²) in [6.07, 6.45) is 8.86. The summed E-state index contributed by atoms with van der Waals surface area (Å²) in [6.45, 7) is 3.07. The normalized spacial score (nSPS) is 17.8. The molecule has 2 atom stereocenters. The number of hydrogen-bond acceptors (Lipinski definition) is 7. The van der Waals surface area contributed by atoms with Gasteiger partial charge in [-0.05, 0) is 73.0 Å². The lowest BCUT2D eigenvalue weighted by Gasteiger charge is -2.46. The van der Waals surface area contributed by atoms with E-state index in [1.54, 1.807) is 65.7 Å². The van der Waals surface area contributed by atoms with Gasteiger partial charge in [-0.15, -0.1) is 0 Å². The number of pyridine rings is 1. The van der Waals surface area contributed by atoms with E-state index in [1.807, 2.05) is 25.1 Å². The highest BCUT2D eigenvalue weighted by Crippen LogP contribution is 2.27. The third kappa shape index (κ3) is 8.10. The predicted octanol–water partition coefficient (Wildman–Crippen LogP) is 3.45. The first-order valence-corrected chi connectivity index (χ1v) is 15.5. The summed E-state index contributed by atoms with van der Waals surface area (Å²) in [5.74, 6) is -0.347. The summed E-state index contributed by atoms with van der Waals surface area (Å²) in [4.78, 5) is 49.0. The molecule has 1 aliphatic carbocycles. The van der Waals surface area contributed by atoms with Gasteiger partial charge in [-0.1, -0.05) is 48.9 Å². The van der Waals surface area contributed by atoms with Crippen molar-refractivity contribution < 1.29 is 24.6 Å². The minimum absolute atomic E-state index is 0.00246. The van der Waals surface area contributed by atoms with E-state index >= 15 is 0 Å². The number of allylic oxidation sites excluding steroid dienone is 3. The average Bonchev–Trinajstić information content (AvgIpc) is 3.07. The zero-order chi connectivity index (χ0) is 32.5. The number of urea groups is 1. The van der Waals surface area contributed by atoms with Crippen molar-refractivity contribution in [2.24, 2.45) is 0 Å². The van der Waals surface area contributed by atoms with Gasteiger partial charge in [0.2, 0.25) is 11.8 Å². The molecule has 1 aliphatic heterocycles. The molecule has 4 amide bonds. The van der Waals surface area contributed by atoms with Gasteiger partial charge in [-0.2, -0.15) is 0 Å². The molecule has 1 fully saturated rings. The fourth-order valence-electron chi connectivity index (χ4n) is 5.75. The number of hydrogen-bond donors (Lipinski definition) is 5. The maximum absolute atomic E-state index is 14.3. The van der Waals surface area contributed by atoms with Gasteiger partial charge in [0.25, 0.3) is 0 Å². The van der Waals surface area contributed by atoms with Crippen LogP contribution in [-0.2, 0) is 22.6 Å². The SMILES string of the molecule is CCNCC(=O)N1[C@@H](NC(=O)NCC2=CC=CCC2)CN(Cc2cccnc2-c2ccc(O)cc2)C(=O)[C@@H]1Cc1ccc(O)cc1. The van der Waals surface area contributed by atoms with Crippen LogP contribution in [0.4, 0.5) is 4.79 Å². The van der Waals surface area contributed by atoms with Crippen molar-refractivity contribution >= 4 is 17.8 Å². The second kappa shape index (κ2) is 15.2. The number of carbonyl (C=O) groups excluding carboxylic acids is 3. The molecule has 3 aromatic rings. The van der Waals surface area contributed by atoms with E-state index in [-0.39, 0.29) is 49.4 Å². The predicted molar refractivity (Wildman–Crippen MR) is 175 cm³/mol. The van der Waals surface area contributed by atoms with Gasteiger partial charge in [0.1, 0.15) is 23.7 Å². The van der Waals surface area contributed by atoms with Gasteiger partial charge >= 0.3 is 6.03 Å². The summed E-state index contributed by atoms with van der Waals surface area (Å²) in [5.41, 5.74) is 4.07. The Morgan fingerprint density at radius 3 is 2.46 bits per heavy atom. The van der Waals surface area contributed by atoms with Crippen LogP contribution in [0.15, 0.2) is 90.7 Å². The second-order valence-electron chi connectivity index (χ2n) is 11.4. The first-order valence-electron chi connectivity index (χ1n) is 15.5. The van der Waals surface area contributed by atoms with Gasteiger partial charge < -0.3 is 36.0 Å². The third-order valence-corrected chi connectivity index (χ3v) is 8.11. The van der Waals surface area contributed by atoms with Crippen LogP contribution in [0, 0.1) is 0 Å². The van der Waals surface area contributed by atoms with Gasteiger partial charge in [0, 0.05) is 31.3 Å². The number of benzene rings is 2. The van der Waals surface area contributed by atoms with Crippen LogP contribution in [0.5, 0.6) is 11.5 Å². The standard InChI is InChI=1S/C35H40N6O5/c1-2-36-21-32(44)41-30(19-24-10-14-28(42)15-11-24)34(45)40(23-31(41)39-35(46)38-20-25-7-4-3-5-8-25)22-27-9-6-18-37-33(27)26-12-16-29(43)17-13-26/h3-4,6-7,9-18,30-31,36,42-43H,2,5,8,19-23H2,1H3,(H2,38,39,46)/t30-,31+/m0/s1. The second-order valence-corrected chi connectivity index (χ2v) is 11.4. The lowest BCUT2D eigenvalue weighted by molar-refractivity contribution is -0.157. The van der Waals surface area contributed by atoms with E-state index in [9.17, 15) is 24.6 Å². The van der Waals surface area contributed by atoms with E-state index in [4.69, 9.17) is 0 Å². The van der Waals surface area contributed by atoms with Crippen LogP contribution in [0.1, 0.15) is 30.9 Å². The first kappa shape index (κ1) is 32.2. The fourth-order valence-corrected chi connectivity index (χ4v) is 5.75. The van der Waals surface area contributed by atoms with Crippen molar-refractivity contribution in [3.63, 3.8) is 0 Å². The Morgan fingerprint density at radius 2 is 1.76 bits per heavy atom. The quantitative estimate of drug-likeness (QED) is 0.220. The number of likely N-dealkylation sites (N-methyl/N-ethyl adjacent to an activating group) is 1. The van der Waals surface area contributed by atoms with Crippen molar-refractivity contribution in [2.75, 3.05) is 26.2 Å². The molecular formula is C35H40N6O5. The van der Waals surface area contributed by atoms with E-state index in [1.165, 1.54) is 4.90 Å². The van der Waals surface area contributed by atoms with Gasteiger partial charge in [-0.25, -0.2) is 4.79 Å². The largest absolute Gasteiger partial charge is 0.508 e. The van der Waals surface area contributed by atoms with Crippen LogP contribution in [-0.4, -0.2) is 81.2 Å². The van der Waals surface area contributed by atoms with E-state index in [0.717, 1.165) is 35.1 Å². The Labute approximate surface area is 268 Å². The maximum Gasteiger partial charge on any atom is 0.316 e. The summed E-state index contributed by atoms with van der Waals surface area (Å²) >= 11 is 0. The zero-order valence-electron chi connectivity index (χ0n) is 25.9. The maximum atomic E-state index is 14.3. The first-order chi connectivity index (χ1) is 22.3. The fraction of sp³-hybridized carbons (Fsp3) is 0.314. The smallest absolute Gasteiger partial charge is 0.316 e. The summed E-state index contributed by atoms with van der Waals surface area (Å²) < 4.78 is 0. The molecule has 11 heteroatoms. The molecule has 2 aliphatic rings. The molecule has 0 spiro atoms. The Morgan fingerprint density at radius 1 is 1.02 bits per heavy atom. The van der Waals surface area contributed by atoms with Crippen LogP contribution < -0.4 is 16.0 Å². The summed E-state index contributed by atoms with van der Waals surface area (Å²) in [5, 5.41) is 28.6. The number of amides is 4. The molecule has 5 N–H and O–H groups in total. The van der Waals surface area contributed by atoms with E-state index < -0.39 is 18.2 Å². The Balaban J connectivity index is 1.46. The molecule has 2 aromatic carbocycles. The number of rotatable bonds is 11. The molecule has 0 bridgehead atoms. The number of aromatic nitrogens is 1. The molecule has 240 valence electrons. The van der Waals surface area contributed by atoms with Crippen molar-refractivity contribution in [1.29, 1.82) is 0 Å². The van der Waals surface area contributed by atoms with Crippen molar-refractivity contribution in [2.45, 2.75) is 44.9 Å². The molecule has 11 nitrogen and oxygen atoms in total. The number of phenolic OH excluding ortho intramolecular Hbond substituents is 2. The monoisotopic (exact) mass is 624 g/mol. The van der Waals surface area contributed by atoms with Gasteiger partial charge in [-0.3, -0.25) is 14.6 Å². The molecule has 0 radical (unpaired) electrons. The molecule has 1 saturated heterocycles. The van der Waals surface area contributed by atoms with E-state index in [0.29, 0.717) is 18.8 Å². The number of piperazine rings is 1. The zero-order valence-corrected chi connectivity index (χ0v) is 25.9. The van der Waals surface area contributed by atoms with Crippen LogP contribution in [0.3, 0.4) is 0 Å². The number of carbonyl (C=O) groups is 3. The summed E-state index contributed by atoms with van der Waals surface area (Å²) in [7, 11) is 0. The van der Waals surface area contributed by atoms with Gasteiger partial charge in [0.15, 0.2) is 0 Å². The summed E-state index contributed by atoms with van der Waals surface area (Å²) in [6, 6.07) is 15.6. The third-order valence-electron chi connectivity index (χ3n) is 8.11. The topological polar surface area (TPSA) is 147 Å². The highest BCUT2D eigenvalue weighted by Gasteiger charge is 2.43. The highest BCUT2D eigenvalue weighted by atomic mass is 16.3. The lowest BCUT2D eigenvalue weighted by Crippen LogP contribution is -2.69. The molecule has 5 rings (SSSR count). The minimum atomic E-state index is -0.922. The lowest BCUT2D eigenvalue weighted by atomic mass is 9.98. The van der Waals surface area contributed by atoms with Crippen molar-refractivity contribution in [1.82, 2.24) is 30.7 Å². The molecular weight excluding hydrogens is 584 g/mol. The number of phenols is 2.